The van der Waals surface area contributed by atoms with Gasteiger partial charge in [-0.1, -0.05) is 12.6 Å². The summed E-state index contributed by atoms with van der Waals surface area (Å²) in [5.41, 5.74) is 1.44. The number of carbonyl (C=O) groups is 1. The molecule has 4 rings (SSSR count). The van der Waals surface area contributed by atoms with E-state index in [0.29, 0.717) is 39.4 Å². The van der Waals surface area contributed by atoms with E-state index in [-0.39, 0.29) is 16.9 Å². The Labute approximate surface area is 195 Å². The number of pyridine rings is 1. The number of aromatic amines is 1. The Morgan fingerprint density at radius 3 is 2.47 bits per heavy atom. The van der Waals surface area contributed by atoms with Crippen molar-refractivity contribution in [2.24, 2.45) is 0 Å². The van der Waals surface area contributed by atoms with E-state index >= 15 is 0 Å². The lowest BCUT2D eigenvalue weighted by molar-refractivity contribution is 0.0785. The Bertz CT molecular complexity index is 1480. The number of fused-ring (bicyclic) bond motifs is 1. The molecule has 2 aromatic heterocycles. The lowest BCUT2D eigenvalue weighted by atomic mass is 9.97. The summed E-state index contributed by atoms with van der Waals surface area (Å²) in [5.74, 6) is 0.0184. The first-order valence-electron chi connectivity index (χ1n) is 10.7. The molecule has 0 aliphatic carbocycles. The number of rotatable bonds is 6. The Kier molecular flexibility index (Phi) is 5.75. The fourth-order valence-corrected chi connectivity index (χ4v) is 3.96. The number of aryl methyl sites for hydroxylation is 2. The first-order valence-corrected chi connectivity index (χ1v) is 10.7. The Morgan fingerprint density at radius 1 is 1.18 bits per heavy atom. The van der Waals surface area contributed by atoms with Crippen molar-refractivity contribution in [2.45, 2.75) is 33.3 Å². The normalized spacial score (nSPS) is 11.6. The van der Waals surface area contributed by atoms with Gasteiger partial charge >= 0.3 is 0 Å². The second-order valence-corrected chi connectivity index (χ2v) is 8.76. The third kappa shape index (κ3) is 4.06. The molecule has 0 saturated heterocycles. The topological polar surface area (TPSA) is 84.3 Å². The molecular weight excluding hydrogens is 435 g/mol. The van der Waals surface area contributed by atoms with E-state index in [1.165, 1.54) is 18.3 Å². The van der Waals surface area contributed by atoms with Gasteiger partial charge in [0.25, 0.3) is 0 Å². The number of H-pyrrole nitrogens is 1. The molecule has 174 valence electrons. The van der Waals surface area contributed by atoms with Crippen molar-refractivity contribution in [1.82, 2.24) is 9.55 Å². The number of nitrogens with zero attached hydrogens (tertiary/aromatic N) is 1. The van der Waals surface area contributed by atoms with Crippen molar-refractivity contribution in [3.8, 4) is 17.2 Å². The SMILES string of the molecule is C=CC(=O)c1cn(-c2cc(C(C)(C)O)ccc2Oc2c(C)cc(F)cc2C)c2cc[nH]c2c1=O. The van der Waals surface area contributed by atoms with E-state index in [4.69, 9.17) is 4.74 Å². The molecule has 7 heteroatoms. The predicted octanol–water partition coefficient (Wildman–Crippen LogP) is 5.46. The van der Waals surface area contributed by atoms with Gasteiger partial charge in [-0.15, -0.1) is 0 Å². The number of ketones is 1. The van der Waals surface area contributed by atoms with Crippen LogP contribution in [0.1, 0.15) is 40.9 Å². The van der Waals surface area contributed by atoms with Crippen LogP contribution in [0, 0.1) is 19.7 Å². The van der Waals surface area contributed by atoms with Crippen LogP contribution in [0.3, 0.4) is 0 Å². The Morgan fingerprint density at radius 2 is 1.85 bits per heavy atom. The van der Waals surface area contributed by atoms with E-state index in [0.717, 1.165) is 6.08 Å². The lowest BCUT2D eigenvalue weighted by Crippen LogP contribution is -2.19. The zero-order chi connectivity index (χ0) is 24.8. The average Bonchev–Trinajstić information content (AvgIpc) is 3.26. The van der Waals surface area contributed by atoms with Gasteiger partial charge in [-0.05, 0) is 80.8 Å². The second kappa shape index (κ2) is 8.43. The number of nitrogens with one attached hydrogen (secondary N) is 1. The number of carbonyl (C=O) groups excluding carboxylic acids is 1. The number of benzene rings is 2. The van der Waals surface area contributed by atoms with E-state index < -0.39 is 16.8 Å². The van der Waals surface area contributed by atoms with Crippen molar-refractivity contribution >= 4 is 16.8 Å². The molecule has 0 amide bonds. The highest BCUT2D eigenvalue weighted by molar-refractivity contribution is 6.05. The zero-order valence-electron chi connectivity index (χ0n) is 19.4. The van der Waals surface area contributed by atoms with Crippen molar-refractivity contribution in [2.75, 3.05) is 0 Å². The summed E-state index contributed by atoms with van der Waals surface area (Å²) in [5, 5.41) is 10.6. The van der Waals surface area contributed by atoms with Crippen LogP contribution in [0.2, 0.25) is 0 Å². The first-order chi connectivity index (χ1) is 16.0. The molecule has 0 atom stereocenters. The molecule has 2 N–H and O–H groups in total. The summed E-state index contributed by atoms with van der Waals surface area (Å²) in [7, 11) is 0. The lowest BCUT2D eigenvalue weighted by Gasteiger charge is -2.23. The molecule has 2 heterocycles. The molecule has 34 heavy (non-hydrogen) atoms. The van der Waals surface area contributed by atoms with Crippen molar-refractivity contribution in [1.29, 1.82) is 0 Å². The number of aromatic nitrogens is 2. The fraction of sp³-hybridized carbons (Fsp3) is 0.185. The highest BCUT2D eigenvalue weighted by Crippen LogP contribution is 2.36. The van der Waals surface area contributed by atoms with Gasteiger partial charge in [0.15, 0.2) is 11.5 Å². The highest BCUT2D eigenvalue weighted by atomic mass is 19.1. The molecule has 0 aliphatic rings. The van der Waals surface area contributed by atoms with E-state index in [1.807, 2.05) is 0 Å². The largest absolute Gasteiger partial charge is 0.455 e. The van der Waals surface area contributed by atoms with Gasteiger partial charge in [0, 0.05) is 12.4 Å². The maximum Gasteiger partial charge on any atom is 0.216 e. The number of ether oxygens (including phenoxy) is 1. The predicted molar refractivity (Wildman–Crippen MR) is 130 cm³/mol. The van der Waals surface area contributed by atoms with Gasteiger partial charge in [-0.25, -0.2) is 4.39 Å². The minimum absolute atomic E-state index is 0.0568. The van der Waals surface area contributed by atoms with Crippen molar-refractivity contribution in [3.63, 3.8) is 0 Å². The van der Waals surface area contributed by atoms with Gasteiger partial charge in [0.1, 0.15) is 17.1 Å². The van der Waals surface area contributed by atoms with Crippen LogP contribution >= 0.6 is 0 Å². The highest BCUT2D eigenvalue weighted by Gasteiger charge is 2.22. The Balaban J connectivity index is 2.03. The minimum Gasteiger partial charge on any atom is -0.455 e. The van der Waals surface area contributed by atoms with Crippen molar-refractivity contribution < 1.29 is 19.0 Å². The molecule has 0 unspecified atom stereocenters. The summed E-state index contributed by atoms with van der Waals surface area (Å²) in [6, 6.07) is 9.67. The van der Waals surface area contributed by atoms with Crippen molar-refractivity contribution in [3.05, 3.63) is 99.7 Å². The number of halogens is 1. The minimum atomic E-state index is -1.16. The molecule has 0 bridgehead atoms. The van der Waals surface area contributed by atoms with E-state index in [9.17, 15) is 19.1 Å². The van der Waals surface area contributed by atoms with Crippen LogP contribution in [-0.4, -0.2) is 20.4 Å². The Hall–Kier alpha value is -3.97. The second-order valence-electron chi connectivity index (χ2n) is 8.76. The quantitative estimate of drug-likeness (QED) is 0.295. The van der Waals surface area contributed by atoms with Gasteiger partial charge in [-0.3, -0.25) is 9.59 Å². The number of allylic oxidation sites excluding steroid dienone is 1. The van der Waals surface area contributed by atoms with E-state index in [1.54, 1.807) is 62.7 Å². The summed E-state index contributed by atoms with van der Waals surface area (Å²) in [6.07, 6.45) is 4.15. The third-order valence-corrected chi connectivity index (χ3v) is 5.73. The van der Waals surface area contributed by atoms with Gasteiger partial charge in [0.2, 0.25) is 5.43 Å². The molecule has 6 nitrogen and oxygen atoms in total. The molecule has 0 aliphatic heterocycles. The monoisotopic (exact) mass is 460 g/mol. The molecule has 0 spiro atoms. The molecule has 2 aromatic carbocycles. The fourth-order valence-electron chi connectivity index (χ4n) is 3.96. The van der Waals surface area contributed by atoms with Gasteiger partial charge < -0.3 is 19.4 Å². The van der Waals surface area contributed by atoms with Crippen LogP contribution in [0.15, 0.2) is 66.2 Å². The summed E-state index contributed by atoms with van der Waals surface area (Å²) in [4.78, 5) is 28.2. The summed E-state index contributed by atoms with van der Waals surface area (Å²) >= 11 is 0. The molecule has 0 saturated carbocycles. The van der Waals surface area contributed by atoms with E-state index in [2.05, 4.69) is 11.6 Å². The molecular formula is C27H25FN2O4. The van der Waals surface area contributed by atoms with Crippen LogP contribution in [0.25, 0.3) is 16.7 Å². The number of hydrogen-bond acceptors (Lipinski definition) is 4. The van der Waals surface area contributed by atoms with Crippen LogP contribution in [0.5, 0.6) is 11.5 Å². The average molecular weight is 461 g/mol. The summed E-state index contributed by atoms with van der Waals surface area (Å²) < 4.78 is 21.8. The molecule has 0 fully saturated rings. The third-order valence-electron chi connectivity index (χ3n) is 5.73. The van der Waals surface area contributed by atoms with Gasteiger partial charge in [-0.2, -0.15) is 0 Å². The number of aliphatic hydroxyl groups is 1. The molecule has 0 radical (unpaired) electrons. The smallest absolute Gasteiger partial charge is 0.216 e. The van der Waals surface area contributed by atoms with Gasteiger partial charge in [0.05, 0.1) is 22.4 Å². The standard InChI is InChI=1S/C27H25FN2O4/c1-6-22(31)19-14-30(20-9-10-29-24(20)25(19)32)21-13-17(27(4,5)33)7-8-23(21)34-26-15(2)11-18(28)12-16(26)3/h6-14,29,33H,1H2,2-5H3. The maximum absolute atomic E-state index is 13.8. The maximum atomic E-state index is 13.8. The number of hydrogen-bond donors (Lipinski definition) is 2. The van der Waals surface area contributed by atoms with Crippen LogP contribution in [-0.2, 0) is 5.60 Å². The first kappa shape index (κ1) is 23.2. The van der Waals surface area contributed by atoms with Crippen LogP contribution in [0.4, 0.5) is 4.39 Å². The summed E-state index contributed by atoms with van der Waals surface area (Å²) in [6.45, 7) is 10.3. The van der Waals surface area contributed by atoms with Crippen LogP contribution < -0.4 is 10.2 Å². The molecule has 4 aromatic rings. The zero-order valence-corrected chi connectivity index (χ0v) is 19.4.